The Hall–Kier alpha value is -3.48. The predicted octanol–water partition coefficient (Wildman–Crippen LogP) is 2.77. The third-order valence-corrected chi connectivity index (χ3v) is 5.35. The molecule has 7 nitrogen and oxygen atoms in total. The van der Waals surface area contributed by atoms with Gasteiger partial charge in [0.2, 0.25) is 11.8 Å². The Morgan fingerprint density at radius 3 is 2.39 bits per heavy atom. The molecule has 3 rings (SSSR count). The van der Waals surface area contributed by atoms with E-state index in [1.807, 2.05) is 18.2 Å². The summed E-state index contributed by atoms with van der Waals surface area (Å²) in [6.45, 7) is 0.117. The van der Waals surface area contributed by atoms with E-state index in [0.717, 1.165) is 19.3 Å². The number of ketones is 1. The molecule has 0 heterocycles. The van der Waals surface area contributed by atoms with Crippen LogP contribution in [0.25, 0.3) is 0 Å². The third kappa shape index (κ3) is 6.25. The Kier molecular flexibility index (Phi) is 7.54. The second-order valence-electron chi connectivity index (χ2n) is 7.68. The van der Waals surface area contributed by atoms with E-state index in [9.17, 15) is 19.2 Å². The zero-order valence-corrected chi connectivity index (χ0v) is 17.4. The Morgan fingerprint density at radius 2 is 1.61 bits per heavy atom. The van der Waals surface area contributed by atoms with Crippen LogP contribution in [-0.4, -0.2) is 30.0 Å². The molecular formula is C24H27N3O4. The number of hydrogen-bond acceptors (Lipinski definition) is 4. The maximum atomic E-state index is 12.6. The average Bonchev–Trinajstić information content (AvgIpc) is 2.77. The molecule has 2 aromatic carbocycles. The van der Waals surface area contributed by atoms with Gasteiger partial charge in [0.15, 0.2) is 5.78 Å². The number of primary amides is 1. The summed E-state index contributed by atoms with van der Waals surface area (Å²) in [6.07, 6.45) is 4.53. The Morgan fingerprint density at radius 1 is 0.871 bits per heavy atom. The molecule has 0 radical (unpaired) electrons. The highest BCUT2D eigenvalue weighted by atomic mass is 16.2. The molecule has 0 saturated carbocycles. The molecular weight excluding hydrogens is 394 g/mol. The van der Waals surface area contributed by atoms with Crippen molar-refractivity contribution in [3.05, 3.63) is 64.7 Å². The van der Waals surface area contributed by atoms with E-state index >= 15 is 0 Å². The molecule has 0 bridgehead atoms. The first-order valence-corrected chi connectivity index (χ1v) is 10.5. The summed E-state index contributed by atoms with van der Waals surface area (Å²) in [5, 5.41) is 5.30. The number of fused-ring (bicyclic) bond motifs is 1. The lowest BCUT2D eigenvalue weighted by molar-refractivity contribution is -0.118. The molecule has 0 aliphatic heterocycles. The first-order chi connectivity index (χ1) is 14.9. The fourth-order valence-electron chi connectivity index (χ4n) is 3.68. The van der Waals surface area contributed by atoms with Gasteiger partial charge in [-0.3, -0.25) is 19.2 Å². The number of rotatable bonds is 9. The lowest BCUT2D eigenvalue weighted by Crippen LogP contribution is -2.28. The molecule has 0 aromatic heterocycles. The van der Waals surface area contributed by atoms with Crippen LogP contribution in [0.15, 0.2) is 42.5 Å². The zero-order chi connectivity index (χ0) is 22.2. The van der Waals surface area contributed by atoms with Crippen LogP contribution in [0.2, 0.25) is 0 Å². The van der Waals surface area contributed by atoms with Gasteiger partial charge in [0.25, 0.3) is 5.91 Å². The molecule has 2 aromatic rings. The number of nitrogens with one attached hydrogen (secondary N) is 2. The zero-order valence-electron chi connectivity index (χ0n) is 17.4. The Balaban J connectivity index is 1.55. The van der Waals surface area contributed by atoms with Crippen molar-refractivity contribution in [2.75, 3.05) is 11.9 Å². The summed E-state index contributed by atoms with van der Waals surface area (Å²) in [7, 11) is 0. The Bertz CT molecular complexity index is 1000. The van der Waals surface area contributed by atoms with Gasteiger partial charge >= 0.3 is 0 Å². The van der Waals surface area contributed by atoms with Gasteiger partial charge in [-0.2, -0.15) is 0 Å². The van der Waals surface area contributed by atoms with Gasteiger partial charge in [0.05, 0.1) is 11.3 Å². The normalized spacial score (nSPS) is 12.5. The summed E-state index contributed by atoms with van der Waals surface area (Å²) in [5.41, 5.74) is 8.89. The lowest BCUT2D eigenvalue weighted by atomic mass is 9.89. The molecule has 0 spiro atoms. The van der Waals surface area contributed by atoms with Crippen LogP contribution in [-0.2, 0) is 22.4 Å². The van der Waals surface area contributed by atoms with Crippen LogP contribution < -0.4 is 16.4 Å². The lowest BCUT2D eigenvalue weighted by Gasteiger charge is -2.16. The first-order valence-electron chi connectivity index (χ1n) is 10.5. The van der Waals surface area contributed by atoms with Gasteiger partial charge in [-0.1, -0.05) is 24.3 Å². The van der Waals surface area contributed by atoms with E-state index in [0.29, 0.717) is 11.3 Å². The van der Waals surface area contributed by atoms with Crippen LogP contribution in [0, 0.1) is 0 Å². The summed E-state index contributed by atoms with van der Waals surface area (Å²) < 4.78 is 0. The monoisotopic (exact) mass is 421 g/mol. The van der Waals surface area contributed by atoms with E-state index in [2.05, 4.69) is 10.6 Å². The third-order valence-electron chi connectivity index (χ3n) is 5.35. The van der Waals surface area contributed by atoms with Crippen molar-refractivity contribution in [1.29, 1.82) is 0 Å². The number of carbonyl (C=O) groups excluding carboxylic acids is 4. The molecule has 0 saturated heterocycles. The fraction of sp³-hybridized carbons (Fsp3) is 0.333. The molecule has 162 valence electrons. The molecule has 7 heteroatoms. The topological polar surface area (TPSA) is 118 Å². The molecule has 4 N–H and O–H groups in total. The first kappa shape index (κ1) is 22.2. The van der Waals surface area contributed by atoms with Gasteiger partial charge in [-0.25, -0.2) is 0 Å². The van der Waals surface area contributed by atoms with Crippen LogP contribution in [0.1, 0.15) is 63.9 Å². The minimum Gasteiger partial charge on any atom is -0.370 e. The van der Waals surface area contributed by atoms with Gasteiger partial charge in [-0.15, -0.1) is 0 Å². The molecule has 3 amide bonds. The number of amides is 3. The van der Waals surface area contributed by atoms with Gasteiger partial charge in [0, 0.05) is 31.4 Å². The summed E-state index contributed by atoms with van der Waals surface area (Å²) in [6, 6.07) is 12.4. The largest absolute Gasteiger partial charge is 0.370 e. The number of hydrogen-bond donors (Lipinski definition) is 3. The average molecular weight is 421 g/mol. The van der Waals surface area contributed by atoms with Crippen molar-refractivity contribution in [2.24, 2.45) is 5.73 Å². The summed E-state index contributed by atoms with van der Waals surface area (Å²) >= 11 is 0. The van der Waals surface area contributed by atoms with Crippen LogP contribution in [0.3, 0.4) is 0 Å². The molecule has 1 aliphatic rings. The summed E-state index contributed by atoms with van der Waals surface area (Å²) in [5.74, 6) is -1.34. The maximum absolute atomic E-state index is 12.6. The number of anilines is 1. The Labute approximate surface area is 181 Å². The molecule has 1 aliphatic carbocycles. The second kappa shape index (κ2) is 10.5. The van der Waals surface area contributed by atoms with Crippen molar-refractivity contribution in [1.82, 2.24) is 5.32 Å². The van der Waals surface area contributed by atoms with E-state index in [1.54, 1.807) is 24.3 Å². The molecule has 31 heavy (non-hydrogen) atoms. The number of carbonyl (C=O) groups is 4. The SMILES string of the molecule is NC(=O)CCNC(=O)c1ccccc1NC(=O)CCC(=O)c1ccc2c(c1)CCCC2. The van der Waals surface area contributed by atoms with Crippen LogP contribution >= 0.6 is 0 Å². The van der Waals surface area contributed by atoms with Gasteiger partial charge < -0.3 is 16.4 Å². The van der Waals surface area contributed by atoms with E-state index in [1.165, 1.54) is 17.5 Å². The van der Waals surface area contributed by atoms with E-state index < -0.39 is 11.8 Å². The highest BCUT2D eigenvalue weighted by molar-refractivity contribution is 6.05. The van der Waals surface area contributed by atoms with Gasteiger partial charge in [-0.05, 0) is 55.0 Å². The number of para-hydroxylation sites is 1. The number of nitrogens with two attached hydrogens (primary N) is 1. The van der Waals surface area contributed by atoms with E-state index in [4.69, 9.17) is 5.73 Å². The number of aryl methyl sites for hydroxylation is 2. The van der Waals surface area contributed by atoms with Crippen molar-refractivity contribution < 1.29 is 19.2 Å². The summed E-state index contributed by atoms with van der Waals surface area (Å²) in [4.78, 5) is 48.1. The van der Waals surface area contributed by atoms with Crippen molar-refractivity contribution in [3.8, 4) is 0 Å². The molecule has 0 atom stereocenters. The minimum absolute atomic E-state index is 0.0214. The maximum Gasteiger partial charge on any atom is 0.253 e. The minimum atomic E-state index is -0.509. The molecule has 0 unspecified atom stereocenters. The number of benzene rings is 2. The van der Waals surface area contributed by atoms with Crippen molar-refractivity contribution in [2.45, 2.75) is 44.9 Å². The predicted molar refractivity (Wildman–Crippen MR) is 118 cm³/mol. The highest BCUT2D eigenvalue weighted by Crippen LogP contribution is 2.23. The quantitative estimate of drug-likeness (QED) is 0.540. The highest BCUT2D eigenvalue weighted by Gasteiger charge is 2.16. The van der Waals surface area contributed by atoms with Crippen molar-refractivity contribution >= 4 is 29.2 Å². The van der Waals surface area contributed by atoms with E-state index in [-0.39, 0.29) is 43.1 Å². The second-order valence-corrected chi connectivity index (χ2v) is 7.68. The van der Waals surface area contributed by atoms with Crippen LogP contribution in [0.5, 0.6) is 0 Å². The van der Waals surface area contributed by atoms with Crippen LogP contribution in [0.4, 0.5) is 5.69 Å². The smallest absolute Gasteiger partial charge is 0.253 e. The van der Waals surface area contributed by atoms with Crippen molar-refractivity contribution in [3.63, 3.8) is 0 Å². The fourth-order valence-corrected chi connectivity index (χ4v) is 3.68. The molecule has 0 fully saturated rings. The number of Topliss-reactive ketones (excluding diaryl/α,β-unsaturated/α-hetero) is 1. The van der Waals surface area contributed by atoms with Gasteiger partial charge in [0.1, 0.15) is 0 Å². The standard InChI is InChI=1S/C24H27N3O4/c25-22(29)13-14-26-24(31)19-7-3-4-8-20(19)27-23(30)12-11-21(28)18-10-9-16-5-1-2-6-17(16)15-18/h3-4,7-10,15H,1-2,5-6,11-14H2,(H2,25,29)(H,26,31)(H,27,30).